The Labute approximate surface area is 112 Å². The third-order valence-corrected chi connectivity index (χ3v) is 3.50. The van der Waals surface area contributed by atoms with Crippen molar-refractivity contribution in [3.05, 3.63) is 15.8 Å². The van der Waals surface area contributed by atoms with Gasteiger partial charge in [0.2, 0.25) is 5.82 Å². The van der Waals surface area contributed by atoms with Gasteiger partial charge in [0.25, 0.3) is 0 Å². The number of nitrogens with zero attached hydrogens (tertiary/aromatic N) is 3. The molecule has 0 aromatic carbocycles. The van der Waals surface area contributed by atoms with E-state index in [4.69, 9.17) is 0 Å². The van der Waals surface area contributed by atoms with Crippen LogP contribution in [0.5, 0.6) is 0 Å². The highest BCUT2D eigenvalue weighted by molar-refractivity contribution is 5.60. The minimum atomic E-state index is -0.336. The number of hydrogen-bond donors (Lipinski definition) is 2. The smallest absolute Gasteiger partial charge is 0.334 e. The third-order valence-electron chi connectivity index (χ3n) is 3.50. The fourth-order valence-corrected chi connectivity index (χ4v) is 2.43. The van der Waals surface area contributed by atoms with Crippen LogP contribution in [0.4, 0.5) is 11.5 Å². The highest BCUT2D eigenvalue weighted by atomic mass is 16.6. The number of aromatic nitrogens is 2. The summed E-state index contributed by atoms with van der Waals surface area (Å²) in [5, 5.41) is 22.0. The van der Waals surface area contributed by atoms with Crippen molar-refractivity contribution in [3.63, 3.8) is 0 Å². The van der Waals surface area contributed by atoms with E-state index in [1.54, 1.807) is 11.7 Å². The van der Waals surface area contributed by atoms with Crippen molar-refractivity contribution in [1.82, 2.24) is 15.1 Å². The molecular formula is C12H21N5O2. The largest absolute Gasteiger partial charge is 0.364 e. The molecule has 19 heavy (non-hydrogen) atoms. The van der Waals surface area contributed by atoms with Crippen LogP contribution in [0.2, 0.25) is 0 Å². The van der Waals surface area contributed by atoms with Crippen LogP contribution in [0.25, 0.3) is 0 Å². The van der Waals surface area contributed by atoms with E-state index in [1.807, 2.05) is 13.8 Å². The summed E-state index contributed by atoms with van der Waals surface area (Å²) >= 11 is 0. The first-order valence-corrected chi connectivity index (χ1v) is 6.66. The molecule has 0 saturated carbocycles. The summed E-state index contributed by atoms with van der Waals surface area (Å²) in [4.78, 5) is 10.9. The van der Waals surface area contributed by atoms with Crippen molar-refractivity contribution in [1.29, 1.82) is 0 Å². The number of nitrogens with one attached hydrogen (secondary N) is 2. The molecule has 2 rings (SSSR count). The van der Waals surface area contributed by atoms with E-state index in [9.17, 15) is 10.1 Å². The second-order valence-electron chi connectivity index (χ2n) is 5.36. The molecule has 1 atom stereocenters. The van der Waals surface area contributed by atoms with Gasteiger partial charge < -0.3 is 10.6 Å². The second kappa shape index (κ2) is 5.56. The maximum absolute atomic E-state index is 11.3. The van der Waals surface area contributed by atoms with Crippen LogP contribution >= 0.6 is 0 Å². The van der Waals surface area contributed by atoms with Gasteiger partial charge in [0.05, 0.1) is 4.92 Å². The summed E-state index contributed by atoms with van der Waals surface area (Å²) in [5.74, 6) is 1.08. The molecular weight excluding hydrogens is 246 g/mol. The van der Waals surface area contributed by atoms with E-state index in [0.717, 1.165) is 26.1 Å². The van der Waals surface area contributed by atoms with E-state index >= 15 is 0 Å². The Balaban J connectivity index is 2.20. The van der Waals surface area contributed by atoms with Gasteiger partial charge in [0, 0.05) is 19.5 Å². The zero-order valence-corrected chi connectivity index (χ0v) is 11.6. The van der Waals surface area contributed by atoms with E-state index in [1.165, 1.54) is 0 Å². The molecule has 0 aliphatic carbocycles. The van der Waals surface area contributed by atoms with Crippen molar-refractivity contribution in [3.8, 4) is 0 Å². The highest BCUT2D eigenvalue weighted by Gasteiger charge is 2.28. The van der Waals surface area contributed by atoms with E-state index in [2.05, 4.69) is 15.7 Å². The van der Waals surface area contributed by atoms with Gasteiger partial charge in [-0.15, -0.1) is 0 Å². The molecule has 1 aromatic rings. The monoisotopic (exact) mass is 267 g/mol. The summed E-state index contributed by atoms with van der Waals surface area (Å²) < 4.78 is 1.58. The Morgan fingerprint density at radius 2 is 2.37 bits per heavy atom. The Bertz CT molecular complexity index is 463. The van der Waals surface area contributed by atoms with Crippen LogP contribution in [0.1, 0.15) is 31.9 Å². The number of aryl methyl sites for hydroxylation is 1. The first-order valence-electron chi connectivity index (χ1n) is 6.66. The predicted molar refractivity (Wildman–Crippen MR) is 73.4 cm³/mol. The van der Waals surface area contributed by atoms with Crippen LogP contribution in [-0.4, -0.2) is 34.3 Å². The molecule has 2 heterocycles. The van der Waals surface area contributed by atoms with Crippen LogP contribution < -0.4 is 10.6 Å². The first-order chi connectivity index (χ1) is 9.00. The zero-order chi connectivity index (χ0) is 14.0. The normalized spacial score (nSPS) is 19.1. The van der Waals surface area contributed by atoms with Crippen LogP contribution in [-0.2, 0) is 7.05 Å². The van der Waals surface area contributed by atoms with Crippen molar-refractivity contribution in [2.45, 2.75) is 26.2 Å². The van der Waals surface area contributed by atoms with Crippen LogP contribution in [0.15, 0.2) is 0 Å². The zero-order valence-electron chi connectivity index (χ0n) is 11.6. The molecule has 1 aromatic heterocycles. The molecule has 106 valence electrons. The molecule has 1 unspecified atom stereocenters. The molecule has 0 radical (unpaired) electrons. The van der Waals surface area contributed by atoms with E-state index in [0.29, 0.717) is 17.4 Å². The molecule has 2 N–H and O–H groups in total. The Hall–Kier alpha value is -1.63. The summed E-state index contributed by atoms with van der Waals surface area (Å²) in [7, 11) is 1.74. The van der Waals surface area contributed by atoms with Gasteiger partial charge in [-0.2, -0.15) is 5.10 Å². The first kappa shape index (κ1) is 13.8. The average Bonchev–Trinajstić information content (AvgIpc) is 2.93. The summed E-state index contributed by atoms with van der Waals surface area (Å²) in [6.07, 6.45) is 1.11. The lowest BCUT2D eigenvalue weighted by atomic mass is 10.1. The molecule has 1 aliphatic rings. The molecule has 7 nitrogen and oxygen atoms in total. The van der Waals surface area contributed by atoms with Gasteiger partial charge in [-0.1, -0.05) is 13.8 Å². The number of anilines is 1. The van der Waals surface area contributed by atoms with Gasteiger partial charge in [-0.25, -0.2) is 4.68 Å². The summed E-state index contributed by atoms with van der Waals surface area (Å²) in [6.45, 7) is 6.57. The lowest BCUT2D eigenvalue weighted by Gasteiger charge is -2.10. The van der Waals surface area contributed by atoms with Crippen LogP contribution in [0, 0.1) is 16.0 Å². The quantitative estimate of drug-likeness (QED) is 0.623. The second-order valence-corrected chi connectivity index (χ2v) is 5.36. The van der Waals surface area contributed by atoms with E-state index in [-0.39, 0.29) is 16.5 Å². The molecule has 1 saturated heterocycles. The molecule has 0 spiro atoms. The molecule has 1 fully saturated rings. The SMILES string of the molecule is CC(C)c1nn(C)c(NCC2CCNC2)c1[N+](=O)[O-]. The van der Waals surface area contributed by atoms with Gasteiger partial charge in [0.1, 0.15) is 5.69 Å². The van der Waals surface area contributed by atoms with Gasteiger partial charge in [-0.05, 0) is 25.4 Å². The topological polar surface area (TPSA) is 85.0 Å². The predicted octanol–water partition coefficient (Wildman–Crippen LogP) is 1.47. The van der Waals surface area contributed by atoms with Crippen LogP contribution in [0.3, 0.4) is 0 Å². The Morgan fingerprint density at radius 1 is 1.63 bits per heavy atom. The summed E-state index contributed by atoms with van der Waals surface area (Å²) in [5.41, 5.74) is 0.656. The van der Waals surface area contributed by atoms with Crippen molar-refractivity contribution >= 4 is 11.5 Å². The van der Waals surface area contributed by atoms with E-state index < -0.39 is 0 Å². The average molecular weight is 267 g/mol. The number of nitro groups is 1. The summed E-state index contributed by atoms with van der Waals surface area (Å²) in [6, 6.07) is 0. The third kappa shape index (κ3) is 2.86. The minimum Gasteiger partial charge on any atom is -0.364 e. The maximum Gasteiger partial charge on any atom is 0.334 e. The number of hydrogen-bond acceptors (Lipinski definition) is 5. The van der Waals surface area contributed by atoms with Crippen molar-refractivity contribution in [2.24, 2.45) is 13.0 Å². The molecule has 0 bridgehead atoms. The fourth-order valence-electron chi connectivity index (χ4n) is 2.43. The standard InChI is InChI=1S/C12H21N5O2/c1-8(2)10-11(17(18)19)12(16(3)15-10)14-7-9-4-5-13-6-9/h8-9,13-14H,4-7H2,1-3H3. The highest BCUT2D eigenvalue weighted by Crippen LogP contribution is 2.32. The van der Waals surface area contributed by atoms with Gasteiger partial charge in [0.15, 0.2) is 0 Å². The lowest BCUT2D eigenvalue weighted by Crippen LogP contribution is -2.18. The Kier molecular flexibility index (Phi) is 4.04. The minimum absolute atomic E-state index is 0.0373. The Morgan fingerprint density at radius 3 is 2.89 bits per heavy atom. The molecule has 7 heteroatoms. The maximum atomic E-state index is 11.3. The lowest BCUT2D eigenvalue weighted by molar-refractivity contribution is -0.384. The van der Waals surface area contributed by atoms with Gasteiger partial charge >= 0.3 is 5.69 Å². The van der Waals surface area contributed by atoms with Gasteiger partial charge in [-0.3, -0.25) is 10.1 Å². The van der Waals surface area contributed by atoms with Crippen molar-refractivity contribution < 1.29 is 4.92 Å². The molecule has 0 amide bonds. The molecule has 1 aliphatic heterocycles. The fraction of sp³-hybridized carbons (Fsp3) is 0.750. The van der Waals surface area contributed by atoms with Crippen molar-refractivity contribution in [2.75, 3.05) is 25.0 Å². The number of rotatable bonds is 5.